The molecule has 6 nitrogen and oxygen atoms in total. The van der Waals surface area contributed by atoms with Crippen molar-refractivity contribution in [3.63, 3.8) is 0 Å². The van der Waals surface area contributed by atoms with E-state index in [2.05, 4.69) is 4.72 Å². The fraction of sp³-hybridized carbons (Fsp3) is 0.529. The lowest BCUT2D eigenvalue weighted by Gasteiger charge is -2.39. The fourth-order valence-electron chi connectivity index (χ4n) is 3.39. The topological polar surface area (TPSA) is 92.3 Å². The zero-order valence-electron chi connectivity index (χ0n) is 15.8. The summed E-state index contributed by atoms with van der Waals surface area (Å²) in [5.41, 5.74) is -5.98. The Labute approximate surface area is 171 Å². The highest BCUT2D eigenvalue weighted by Crippen LogP contribution is 2.45. The average molecular weight is 476 g/mol. The fourth-order valence-corrected chi connectivity index (χ4v) is 5.91. The van der Waals surface area contributed by atoms with Crippen LogP contribution in [0, 0.1) is 11.6 Å². The van der Waals surface area contributed by atoms with E-state index in [0.29, 0.717) is 6.42 Å². The predicted octanol–water partition coefficient (Wildman–Crippen LogP) is 3.39. The maximum absolute atomic E-state index is 14.5. The second kappa shape index (κ2) is 8.79. The Morgan fingerprint density at radius 2 is 1.73 bits per heavy atom. The van der Waals surface area contributed by atoms with Crippen molar-refractivity contribution in [1.29, 1.82) is 0 Å². The normalized spacial score (nSPS) is 23.6. The van der Waals surface area contributed by atoms with Crippen LogP contribution in [-0.2, 0) is 24.8 Å². The zero-order chi connectivity index (χ0) is 22.8. The quantitative estimate of drug-likeness (QED) is 0.591. The van der Waals surface area contributed by atoms with Gasteiger partial charge in [-0.3, -0.25) is 4.72 Å². The minimum Gasteiger partial charge on any atom is -0.290 e. The molecule has 170 valence electrons. The summed E-state index contributed by atoms with van der Waals surface area (Å²) in [6.07, 6.45) is 1.60. The first-order valence-corrected chi connectivity index (χ1v) is 11.9. The summed E-state index contributed by atoms with van der Waals surface area (Å²) in [6, 6.07) is 1.11. The molecule has 1 aliphatic rings. The van der Waals surface area contributed by atoms with Gasteiger partial charge in [0.1, 0.15) is 16.4 Å². The lowest BCUT2D eigenvalue weighted by Crippen LogP contribution is -2.50. The molecule has 2 rings (SSSR count). The summed E-state index contributed by atoms with van der Waals surface area (Å²) in [5, 5.41) is 0. The van der Waals surface area contributed by atoms with E-state index >= 15 is 0 Å². The van der Waals surface area contributed by atoms with Gasteiger partial charge < -0.3 is 0 Å². The number of hydrogen-bond acceptors (Lipinski definition) is 4. The van der Waals surface area contributed by atoms with Crippen molar-refractivity contribution in [1.82, 2.24) is 9.44 Å². The van der Waals surface area contributed by atoms with Crippen molar-refractivity contribution < 1.29 is 38.8 Å². The van der Waals surface area contributed by atoms with Gasteiger partial charge in [-0.05, 0) is 50.3 Å². The molecule has 0 unspecified atom stereocenters. The maximum Gasteiger partial charge on any atom is 0.511 e. The highest BCUT2D eigenvalue weighted by molar-refractivity contribution is 7.90. The minimum absolute atomic E-state index is 0.330. The molecule has 1 saturated carbocycles. The number of nitrogens with one attached hydrogen (secondary N) is 2. The SMILES string of the molecule is CCC=CNS(=O)(=O)C1(c2cc(F)ccc2F)CCC(NS(=O)(=O)C(F)(F)F)CC1. The third-order valence-electron chi connectivity index (χ3n) is 4.93. The summed E-state index contributed by atoms with van der Waals surface area (Å²) in [6.45, 7) is 1.74. The smallest absolute Gasteiger partial charge is 0.290 e. The molecule has 30 heavy (non-hydrogen) atoms. The molecule has 0 atom stereocenters. The van der Waals surface area contributed by atoms with Crippen molar-refractivity contribution >= 4 is 20.0 Å². The van der Waals surface area contributed by atoms with Gasteiger partial charge in [-0.2, -0.15) is 13.2 Å². The van der Waals surface area contributed by atoms with E-state index in [1.165, 1.54) is 10.8 Å². The van der Waals surface area contributed by atoms with Crippen LogP contribution in [0.25, 0.3) is 0 Å². The molecule has 0 bridgehead atoms. The highest BCUT2D eigenvalue weighted by atomic mass is 32.2. The Hall–Kier alpha value is -1.73. The molecule has 0 spiro atoms. The van der Waals surface area contributed by atoms with Crippen LogP contribution in [0.2, 0.25) is 0 Å². The summed E-state index contributed by atoms with van der Waals surface area (Å²) < 4.78 is 117. The molecule has 0 radical (unpaired) electrons. The van der Waals surface area contributed by atoms with E-state index in [-0.39, 0.29) is 12.8 Å². The summed E-state index contributed by atoms with van der Waals surface area (Å²) >= 11 is 0. The number of hydrogen-bond donors (Lipinski definition) is 2. The second-order valence-corrected chi connectivity index (χ2v) is 10.6. The summed E-state index contributed by atoms with van der Waals surface area (Å²) in [5.74, 6) is -1.87. The van der Waals surface area contributed by atoms with Gasteiger partial charge in [0.15, 0.2) is 0 Å². The predicted molar refractivity (Wildman–Crippen MR) is 99.9 cm³/mol. The Kier molecular flexibility index (Phi) is 7.19. The molecular formula is C17H21F5N2O4S2. The number of sulfonamides is 2. The Bertz CT molecular complexity index is 999. The first-order valence-electron chi connectivity index (χ1n) is 8.97. The van der Waals surface area contributed by atoms with Crippen molar-refractivity contribution in [2.75, 3.05) is 0 Å². The van der Waals surface area contributed by atoms with Crippen molar-refractivity contribution in [2.24, 2.45) is 0 Å². The lowest BCUT2D eigenvalue weighted by atomic mass is 9.81. The van der Waals surface area contributed by atoms with Gasteiger partial charge in [-0.25, -0.2) is 30.3 Å². The van der Waals surface area contributed by atoms with Gasteiger partial charge in [-0.1, -0.05) is 13.0 Å². The number of alkyl halides is 3. The number of allylic oxidation sites excluding steroid dienone is 1. The molecule has 1 aliphatic carbocycles. The zero-order valence-corrected chi connectivity index (χ0v) is 17.5. The van der Waals surface area contributed by atoms with Gasteiger partial charge in [0.25, 0.3) is 0 Å². The van der Waals surface area contributed by atoms with Gasteiger partial charge in [0.2, 0.25) is 10.0 Å². The molecule has 0 amide bonds. The second-order valence-electron chi connectivity index (χ2n) is 6.89. The van der Waals surface area contributed by atoms with Crippen molar-refractivity contribution in [3.8, 4) is 0 Å². The highest BCUT2D eigenvalue weighted by Gasteiger charge is 2.52. The standard InChI is InChI=1S/C17H21F5N2O4S2/c1-2-3-10-23-29(25,26)16(14-11-12(18)4-5-15(14)19)8-6-13(7-9-16)24-30(27,28)17(20,21)22/h3-5,10-11,13,23-24H,2,6-9H2,1H3. The molecule has 0 aromatic heterocycles. The molecular weight excluding hydrogens is 455 g/mol. The number of rotatable bonds is 7. The van der Waals surface area contributed by atoms with E-state index < -0.39 is 66.4 Å². The van der Waals surface area contributed by atoms with E-state index in [1.54, 1.807) is 6.92 Å². The number of benzene rings is 1. The van der Waals surface area contributed by atoms with Gasteiger partial charge in [0.05, 0.1) is 0 Å². The van der Waals surface area contributed by atoms with Gasteiger partial charge >= 0.3 is 15.5 Å². The van der Waals surface area contributed by atoms with E-state index in [1.807, 2.05) is 0 Å². The van der Waals surface area contributed by atoms with Gasteiger partial charge in [-0.15, -0.1) is 0 Å². The molecule has 0 saturated heterocycles. The van der Waals surface area contributed by atoms with Crippen LogP contribution in [-0.4, -0.2) is 28.4 Å². The van der Waals surface area contributed by atoms with Crippen molar-refractivity contribution in [2.45, 2.75) is 55.3 Å². The Morgan fingerprint density at radius 3 is 2.27 bits per heavy atom. The minimum atomic E-state index is -5.63. The van der Waals surface area contributed by atoms with Crippen LogP contribution in [0.5, 0.6) is 0 Å². The van der Waals surface area contributed by atoms with Crippen molar-refractivity contribution in [3.05, 3.63) is 47.7 Å². The Balaban J connectivity index is 2.41. The molecule has 2 N–H and O–H groups in total. The van der Waals surface area contributed by atoms with E-state index in [4.69, 9.17) is 0 Å². The summed E-state index contributed by atoms with van der Waals surface area (Å²) in [4.78, 5) is 0. The van der Waals surface area contributed by atoms with Crippen LogP contribution in [0.1, 0.15) is 44.6 Å². The molecule has 0 aliphatic heterocycles. The third kappa shape index (κ3) is 4.94. The molecule has 1 aromatic rings. The molecule has 1 aromatic carbocycles. The van der Waals surface area contributed by atoms with Crippen LogP contribution in [0.4, 0.5) is 22.0 Å². The maximum atomic E-state index is 14.5. The van der Waals surface area contributed by atoms with Crippen LogP contribution < -0.4 is 9.44 Å². The molecule has 0 heterocycles. The lowest BCUT2D eigenvalue weighted by molar-refractivity contribution is -0.0452. The first kappa shape index (κ1) is 24.5. The van der Waals surface area contributed by atoms with E-state index in [9.17, 15) is 38.8 Å². The first-order chi connectivity index (χ1) is 13.8. The van der Waals surface area contributed by atoms with Crippen LogP contribution >= 0.6 is 0 Å². The molecule has 1 fully saturated rings. The Morgan fingerprint density at radius 1 is 1.13 bits per heavy atom. The van der Waals surface area contributed by atoms with E-state index in [0.717, 1.165) is 24.4 Å². The molecule has 13 heteroatoms. The van der Waals surface area contributed by atoms with Crippen LogP contribution in [0.15, 0.2) is 30.5 Å². The monoisotopic (exact) mass is 476 g/mol. The van der Waals surface area contributed by atoms with Crippen LogP contribution in [0.3, 0.4) is 0 Å². The average Bonchev–Trinajstić information content (AvgIpc) is 2.63. The number of halogens is 5. The largest absolute Gasteiger partial charge is 0.511 e. The van der Waals surface area contributed by atoms with Gasteiger partial charge in [0, 0.05) is 17.8 Å². The third-order valence-corrected chi connectivity index (χ3v) is 8.29. The summed E-state index contributed by atoms with van der Waals surface area (Å²) in [7, 11) is -9.98.